The standard InChI is InChI=1S/C12H17NO3S/c1-3-15-11(14)6-9-7-17-12(13-9)10-5-4-8(2)16-10/h7-8,10H,3-6H2,1-2H3. The molecule has 0 spiro atoms. The quantitative estimate of drug-likeness (QED) is 0.776. The third-order valence-corrected chi connectivity index (χ3v) is 3.69. The summed E-state index contributed by atoms with van der Waals surface area (Å²) in [4.78, 5) is 15.7. The van der Waals surface area contributed by atoms with Crippen LogP contribution in [-0.2, 0) is 20.7 Å². The molecule has 0 bridgehead atoms. The van der Waals surface area contributed by atoms with Crippen molar-refractivity contribution in [3.05, 3.63) is 16.1 Å². The predicted molar refractivity (Wildman–Crippen MR) is 65.0 cm³/mol. The van der Waals surface area contributed by atoms with E-state index in [9.17, 15) is 4.79 Å². The summed E-state index contributed by atoms with van der Waals surface area (Å²) in [6, 6.07) is 0. The molecule has 1 aromatic heterocycles. The van der Waals surface area contributed by atoms with E-state index >= 15 is 0 Å². The Kier molecular flexibility index (Phi) is 4.12. The molecule has 17 heavy (non-hydrogen) atoms. The van der Waals surface area contributed by atoms with E-state index in [1.807, 2.05) is 5.38 Å². The molecule has 1 aliphatic rings. The van der Waals surface area contributed by atoms with E-state index in [1.54, 1.807) is 18.3 Å². The van der Waals surface area contributed by atoms with E-state index in [0.29, 0.717) is 12.7 Å². The van der Waals surface area contributed by atoms with Crippen LogP contribution >= 0.6 is 11.3 Å². The molecule has 0 aliphatic carbocycles. The monoisotopic (exact) mass is 255 g/mol. The summed E-state index contributed by atoms with van der Waals surface area (Å²) in [7, 11) is 0. The van der Waals surface area contributed by atoms with Crippen LogP contribution in [0, 0.1) is 0 Å². The number of carbonyl (C=O) groups excluding carboxylic acids is 1. The van der Waals surface area contributed by atoms with Crippen molar-refractivity contribution in [2.75, 3.05) is 6.61 Å². The number of aromatic nitrogens is 1. The summed E-state index contributed by atoms with van der Waals surface area (Å²) < 4.78 is 10.6. The molecule has 0 aromatic carbocycles. The van der Waals surface area contributed by atoms with Crippen LogP contribution in [0.4, 0.5) is 0 Å². The van der Waals surface area contributed by atoms with Crippen molar-refractivity contribution in [2.45, 2.75) is 45.3 Å². The lowest BCUT2D eigenvalue weighted by Gasteiger charge is -2.06. The SMILES string of the molecule is CCOC(=O)Cc1csc(C2CCC(C)O2)n1. The van der Waals surface area contributed by atoms with Gasteiger partial charge in [-0.05, 0) is 26.7 Å². The molecule has 1 aliphatic heterocycles. The first kappa shape index (κ1) is 12.5. The third-order valence-electron chi connectivity index (χ3n) is 2.71. The van der Waals surface area contributed by atoms with Crippen molar-refractivity contribution in [3.63, 3.8) is 0 Å². The number of hydrogen-bond donors (Lipinski definition) is 0. The number of rotatable bonds is 4. The maximum Gasteiger partial charge on any atom is 0.311 e. The highest BCUT2D eigenvalue weighted by Crippen LogP contribution is 2.34. The number of carbonyl (C=O) groups is 1. The van der Waals surface area contributed by atoms with Crippen molar-refractivity contribution in [1.82, 2.24) is 4.98 Å². The van der Waals surface area contributed by atoms with Gasteiger partial charge in [0.1, 0.15) is 11.1 Å². The van der Waals surface area contributed by atoms with Gasteiger partial charge in [0.25, 0.3) is 0 Å². The molecule has 1 saturated heterocycles. The molecule has 2 atom stereocenters. The maximum absolute atomic E-state index is 11.3. The number of ether oxygens (including phenoxy) is 2. The van der Waals surface area contributed by atoms with E-state index in [4.69, 9.17) is 9.47 Å². The van der Waals surface area contributed by atoms with Gasteiger partial charge in [0, 0.05) is 5.38 Å². The Balaban J connectivity index is 1.94. The minimum atomic E-state index is -0.218. The summed E-state index contributed by atoms with van der Waals surface area (Å²) in [5, 5.41) is 2.90. The van der Waals surface area contributed by atoms with Crippen LogP contribution in [0.25, 0.3) is 0 Å². The minimum absolute atomic E-state index is 0.117. The fourth-order valence-corrected chi connectivity index (χ4v) is 2.78. The van der Waals surface area contributed by atoms with Gasteiger partial charge < -0.3 is 9.47 Å². The fourth-order valence-electron chi connectivity index (χ4n) is 1.90. The number of esters is 1. The van der Waals surface area contributed by atoms with Gasteiger partial charge in [-0.3, -0.25) is 4.79 Å². The molecule has 1 aromatic rings. The molecule has 0 radical (unpaired) electrons. The normalized spacial score (nSPS) is 23.9. The van der Waals surface area contributed by atoms with Crippen LogP contribution in [-0.4, -0.2) is 23.7 Å². The Morgan fingerprint density at radius 1 is 1.65 bits per heavy atom. The van der Waals surface area contributed by atoms with Crippen LogP contribution in [0.15, 0.2) is 5.38 Å². The summed E-state index contributed by atoms with van der Waals surface area (Å²) >= 11 is 1.57. The van der Waals surface area contributed by atoms with Crippen LogP contribution in [0.3, 0.4) is 0 Å². The molecule has 1 fully saturated rings. The third kappa shape index (κ3) is 3.26. The van der Waals surface area contributed by atoms with Gasteiger partial charge >= 0.3 is 5.97 Å². The molecule has 4 nitrogen and oxygen atoms in total. The van der Waals surface area contributed by atoms with Gasteiger partial charge in [0.05, 0.1) is 24.8 Å². The zero-order valence-electron chi connectivity index (χ0n) is 10.1. The second kappa shape index (κ2) is 5.60. The predicted octanol–water partition coefficient (Wildman–Crippen LogP) is 2.49. The zero-order valence-corrected chi connectivity index (χ0v) is 11.0. The van der Waals surface area contributed by atoms with Crippen LogP contribution in [0.5, 0.6) is 0 Å². The summed E-state index contributed by atoms with van der Waals surface area (Å²) in [6.07, 6.45) is 2.79. The fraction of sp³-hybridized carbons (Fsp3) is 0.667. The lowest BCUT2D eigenvalue weighted by atomic mass is 10.2. The van der Waals surface area contributed by atoms with E-state index in [0.717, 1.165) is 23.5 Å². The van der Waals surface area contributed by atoms with E-state index < -0.39 is 0 Å². The van der Waals surface area contributed by atoms with Crippen LogP contribution in [0.1, 0.15) is 43.5 Å². The zero-order chi connectivity index (χ0) is 12.3. The molecule has 94 valence electrons. The lowest BCUT2D eigenvalue weighted by Crippen LogP contribution is -2.08. The Morgan fingerprint density at radius 2 is 2.47 bits per heavy atom. The van der Waals surface area contributed by atoms with E-state index in [2.05, 4.69) is 11.9 Å². The van der Waals surface area contributed by atoms with Crippen molar-refractivity contribution in [3.8, 4) is 0 Å². The van der Waals surface area contributed by atoms with Gasteiger partial charge in [-0.1, -0.05) is 0 Å². The first-order valence-electron chi connectivity index (χ1n) is 5.94. The summed E-state index contributed by atoms with van der Waals surface area (Å²) in [6.45, 7) is 4.30. The van der Waals surface area contributed by atoms with Crippen LogP contribution in [0.2, 0.25) is 0 Å². The Morgan fingerprint density at radius 3 is 3.12 bits per heavy atom. The van der Waals surface area contributed by atoms with Gasteiger partial charge in [-0.25, -0.2) is 4.98 Å². The molecule has 2 unspecified atom stereocenters. The van der Waals surface area contributed by atoms with Crippen LogP contribution < -0.4 is 0 Å². The molecule has 0 amide bonds. The van der Waals surface area contributed by atoms with Crippen molar-refractivity contribution < 1.29 is 14.3 Å². The average Bonchev–Trinajstić information content (AvgIpc) is 2.87. The Labute approximate surface area is 105 Å². The highest BCUT2D eigenvalue weighted by atomic mass is 32.1. The van der Waals surface area contributed by atoms with E-state index in [-0.39, 0.29) is 18.5 Å². The highest BCUT2D eigenvalue weighted by Gasteiger charge is 2.26. The van der Waals surface area contributed by atoms with Crippen molar-refractivity contribution in [1.29, 1.82) is 0 Å². The highest BCUT2D eigenvalue weighted by molar-refractivity contribution is 7.09. The maximum atomic E-state index is 11.3. The van der Waals surface area contributed by atoms with Crippen molar-refractivity contribution in [2.24, 2.45) is 0 Å². The molecule has 0 saturated carbocycles. The number of nitrogens with zero attached hydrogens (tertiary/aromatic N) is 1. The number of thiazole rings is 1. The first-order valence-corrected chi connectivity index (χ1v) is 6.82. The van der Waals surface area contributed by atoms with Gasteiger partial charge in [-0.15, -0.1) is 11.3 Å². The average molecular weight is 255 g/mol. The Bertz CT molecular complexity index is 391. The summed E-state index contributed by atoms with van der Waals surface area (Å²) in [5.74, 6) is -0.218. The molecular formula is C12H17NO3S. The van der Waals surface area contributed by atoms with Gasteiger partial charge in [0.15, 0.2) is 0 Å². The number of hydrogen-bond acceptors (Lipinski definition) is 5. The molecule has 0 N–H and O–H groups in total. The van der Waals surface area contributed by atoms with E-state index in [1.165, 1.54) is 0 Å². The second-order valence-electron chi connectivity index (χ2n) is 4.17. The van der Waals surface area contributed by atoms with Gasteiger partial charge in [0.2, 0.25) is 0 Å². The Hall–Kier alpha value is -0.940. The molecule has 2 heterocycles. The largest absolute Gasteiger partial charge is 0.466 e. The van der Waals surface area contributed by atoms with Gasteiger partial charge in [-0.2, -0.15) is 0 Å². The smallest absolute Gasteiger partial charge is 0.311 e. The lowest BCUT2D eigenvalue weighted by molar-refractivity contribution is -0.142. The summed E-state index contributed by atoms with van der Waals surface area (Å²) in [5.41, 5.74) is 0.784. The molecular weight excluding hydrogens is 238 g/mol. The molecule has 5 heteroatoms. The second-order valence-corrected chi connectivity index (χ2v) is 5.06. The minimum Gasteiger partial charge on any atom is -0.466 e. The first-order chi connectivity index (χ1) is 8.19. The topological polar surface area (TPSA) is 48.4 Å². The molecule has 2 rings (SSSR count). The van der Waals surface area contributed by atoms with Crippen molar-refractivity contribution >= 4 is 17.3 Å².